The molecule has 0 spiro atoms. The predicted octanol–water partition coefficient (Wildman–Crippen LogP) is 4.19. The zero-order valence-electron chi connectivity index (χ0n) is 13.3. The van der Waals surface area contributed by atoms with Crippen molar-refractivity contribution in [2.24, 2.45) is 0 Å². The summed E-state index contributed by atoms with van der Waals surface area (Å²) in [6.45, 7) is 10.2. The van der Waals surface area contributed by atoms with Gasteiger partial charge in [0, 0.05) is 0 Å². The van der Waals surface area contributed by atoms with Crippen LogP contribution in [0.1, 0.15) is 31.9 Å². The molecule has 1 amide bonds. The maximum absolute atomic E-state index is 13.3. The molecule has 0 saturated carbocycles. The fourth-order valence-corrected chi connectivity index (χ4v) is 5.78. The molecule has 0 bridgehead atoms. The molecule has 0 atom stereocenters. The molecule has 0 unspecified atom stereocenters. The number of aryl methyl sites for hydroxylation is 2. The summed E-state index contributed by atoms with van der Waals surface area (Å²) in [4.78, 5) is 12.3. The number of carbonyl (C=O) groups excluding carboxylic acids is 1. The molecule has 0 saturated heterocycles. The van der Waals surface area contributed by atoms with Gasteiger partial charge in [-0.3, -0.25) is 0 Å². The molecular weight excluding hydrogens is 272 g/mol. The Balaban J connectivity index is 2.87. The normalized spacial score (nSPS) is 12.3. The molecule has 0 aliphatic rings. The Morgan fingerprint density at radius 2 is 1.55 bits per heavy atom. The van der Waals surface area contributed by atoms with E-state index in [1.165, 1.54) is 12.1 Å². The SMILES string of the molecule is CC[PH](CC)(CC)CC(=O)Nc1c(C)cc(F)cc1C. The number of carbonyl (C=O) groups is 1. The van der Waals surface area contributed by atoms with E-state index in [1.807, 2.05) is 13.8 Å². The van der Waals surface area contributed by atoms with Crippen LogP contribution >= 0.6 is 7.26 Å². The Kier molecular flexibility index (Phi) is 6.13. The number of rotatable bonds is 6. The van der Waals surface area contributed by atoms with Gasteiger partial charge in [0.2, 0.25) is 0 Å². The maximum atomic E-state index is 13.3. The minimum absolute atomic E-state index is 0.0834. The zero-order chi connectivity index (χ0) is 15.3. The van der Waals surface area contributed by atoms with Crippen LogP contribution in [-0.2, 0) is 4.79 Å². The van der Waals surface area contributed by atoms with Crippen molar-refractivity contribution >= 4 is 18.9 Å². The van der Waals surface area contributed by atoms with E-state index in [9.17, 15) is 9.18 Å². The first-order valence-electron chi connectivity index (χ1n) is 7.44. The monoisotopic (exact) mass is 299 g/mol. The van der Waals surface area contributed by atoms with Crippen molar-refractivity contribution < 1.29 is 9.18 Å². The molecule has 0 fully saturated rings. The van der Waals surface area contributed by atoms with Crippen LogP contribution in [0, 0.1) is 19.7 Å². The first kappa shape index (κ1) is 17.1. The van der Waals surface area contributed by atoms with Gasteiger partial charge in [-0.25, -0.2) is 0 Å². The molecule has 0 heterocycles. The van der Waals surface area contributed by atoms with E-state index in [-0.39, 0.29) is 11.7 Å². The molecular formula is C16H27FNOP. The van der Waals surface area contributed by atoms with Gasteiger partial charge in [-0.05, 0) is 0 Å². The quantitative estimate of drug-likeness (QED) is 0.784. The van der Waals surface area contributed by atoms with Gasteiger partial charge in [0.05, 0.1) is 0 Å². The Morgan fingerprint density at radius 3 is 1.95 bits per heavy atom. The van der Waals surface area contributed by atoms with Crippen LogP contribution < -0.4 is 5.32 Å². The average Bonchev–Trinajstić information content (AvgIpc) is 2.40. The molecule has 1 N–H and O–H groups in total. The number of hydrogen-bond donors (Lipinski definition) is 1. The first-order chi connectivity index (χ1) is 9.37. The number of hydrogen-bond acceptors (Lipinski definition) is 1. The van der Waals surface area contributed by atoms with E-state index in [0.29, 0.717) is 6.16 Å². The summed E-state index contributed by atoms with van der Waals surface area (Å²) < 4.78 is 13.3. The molecule has 0 aliphatic carbocycles. The van der Waals surface area contributed by atoms with Crippen LogP contribution in [0.4, 0.5) is 10.1 Å². The van der Waals surface area contributed by atoms with E-state index in [1.54, 1.807) is 0 Å². The zero-order valence-corrected chi connectivity index (χ0v) is 14.3. The first-order valence-corrected chi connectivity index (χ1v) is 10.3. The van der Waals surface area contributed by atoms with Gasteiger partial charge in [-0.2, -0.15) is 0 Å². The van der Waals surface area contributed by atoms with Crippen LogP contribution in [0.25, 0.3) is 0 Å². The van der Waals surface area contributed by atoms with Crippen LogP contribution in [0.15, 0.2) is 12.1 Å². The molecule has 0 aliphatic heterocycles. The van der Waals surface area contributed by atoms with Crippen molar-refractivity contribution in [2.45, 2.75) is 34.6 Å². The third-order valence-electron chi connectivity index (χ3n) is 4.55. The number of anilines is 1. The van der Waals surface area contributed by atoms with Crippen molar-refractivity contribution in [1.29, 1.82) is 0 Å². The van der Waals surface area contributed by atoms with Gasteiger partial charge in [-0.1, -0.05) is 0 Å². The summed E-state index contributed by atoms with van der Waals surface area (Å²) in [5, 5.41) is 2.99. The Hall–Kier alpha value is -0.950. The standard InChI is InChI=1S/C16H27FNOP/c1-6-20(7-2,8-3)11-15(19)18-16-12(4)9-14(17)10-13(16)5/h9-10,20H,6-8,11H2,1-5H3,(H,18,19). The van der Waals surface area contributed by atoms with Crippen LogP contribution in [0.2, 0.25) is 0 Å². The molecule has 1 aromatic carbocycles. The topological polar surface area (TPSA) is 29.1 Å². The number of benzene rings is 1. The van der Waals surface area contributed by atoms with Crippen LogP contribution in [0.5, 0.6) is 0 Å². The van der Waals surface area contributed by atoms with E-state index in [4.69, 9.17) is 0 Å². The molecule has 20 heavy (non-hydrogen) atoms. The summed E-state index contributed by atoms with van der Waals surface area (Å²) in [6, 6.07) is 2.93. The van der Waals surface area contributed by atoms with Crippen molar-refractivity contribution in [3.05, 3.63) is 29.1 Å². The summed E-state index contributed by atoms with van der Waals surface area (Å²) in [7, 11) is -1.47. The van der Waals surface area contributed by atoms with Gasteiger partial charge < -0.3 is 0 Å². The molecule has 114 valence electrons. The Labute approximate surface area is 122 Å². The van der Waals surface area contributed by atoms with Crippen molar-refractivity contribution in [2.75, 3.05) is 30.0 Å². The number of amides is 1. The van der Waals surface area contributed by atoms with E-state index < -0.39 is 7.26 Å². The summed E-state index contributed by atoms with van der Waals surface area (Å²) in [6.07, 6.45) is 4.06. The third kappa shape index (κ3) is 4.02. The van der Waals surface area contributed by atoms with Crippen molar-refractivity contribution in [3.63, 3.8) is 0 Å². The Bertz CT molecular complexity index is 452. The summed E-state index contributed by atoms with van der Waals surface area (Å²) >= 11 is 0. The molecule has 1 aromatic rings. The Morgan fingerprint density at radius 1 is 1.10 bits per heavy atom. The van der Waals surface area contributed by atoms with Crippen LogP contribution in [-0.4, -0.2) is 30.6 Å². The van der Waals surface area contributed by atoms with Crippen LogP contribution in [0.3, 0.4) is 0 Å². The van der Waals surface area contributed by atoms with Gasteiger partial charge in [-0.15, -0.1) is 0 Å². The summed E-state index contributed by atoms with van der Waals surface area (Å²) in [5.74, 6) is -0.169. The predicted molar refractivity (Wildman–Crippen MR) is 89.3 cm³/mol. The molecule has 0 radical (unpaired) electrons. The van der Waals surface area contributed by atoms with E-state index in [0.717, 1.165) is 35.3 Å². The molecule has 2 nitrogen and oxygen atoms in total. The fourth-order valence-electron chi connectivity index (χ4n) is 2.76. The number of nitrogens with one attached hydrogen (secondary N) is 1. The molecule has 4 heteroatoms. The van der Waals surface area contributed by atoms with Gasteiger partial charge in [0.1, 0.15) is 0 Å². The van der Waals surface area contributed by atoms with Crippen molar-refractivity contribution in [1.82, 2.24) is 0 Å². The summed E-state index contributed by atoms with van der Waals surface area (Å²) in [5.41, 5.74) is 2.34. The second-order valence-corrected chi connectivity index (χ2v) is 11.2. The van der Waals surface area contributed by atoms with Gasteiger partial charge in [0.25, 0.3) is 0 Å². The van der Waals surface area contributed by atoms with Gasteiger partial charge >= 0.3 is 122 Å². The third-order valence-corrected chi connectivity index (χ3v) is 10.1. The average molecular weight is 299 g/mol. The molecule has 0 aromatic heterocycles. The second kappa shape index (κ2) is 7.17. The van der Waals surface area contributed by atoms with E-state index in [2.05, 4.69) is 26.1 Å². The molecule has 1 rings (SSSR count). The van der Waals surface area contributed by atoms with E-state index >= 15 is 0 Å². The fraction of sp³-hybridized carbons (Fsp3) is 0.562. The van der Waals surface area contributed by atoms with Crippen molar-refractivity contribution in [3.8, 4) is 0 Å². The minimum atomic E-state index is -1.47. The second-order valence-electron chi connectivity index (χ2n) is 5.70. The number of halogens is 1. The van der Waals surface area contributed by atoms with Gasteiger partial charge in [0.15, 0.2) is 0 Å².